The largest absolute Gasteiger partial charge is 0.387 e. The van der Waals surface area contributed by atoms with Crippen molar-refractivity contribution in [1.29, 1.82) is 0 Å². The Labute approximate surface area is 148 Å². The molecular weight excluding hydrogens is 312 g/mol. The third-order valence-corrected chi connectivity index (χ3v) is 4.46. The first-order chi connectivity index (χ1) is 12.1. The number of aromatic nitrogens is 3. The van der Waals surface area contributed by atoms with E-state index < -0.39 is 6.10 Å². The number of aliphatic hydroxyl groups excluding tert-OH is 1. The molecular formula is C20H24N4O. The SMILES string of the molecule is Cc1ccc(C(O)CNC(C)c2cnn(-c3ccccn3)c2C)cc1. The molecule has 25 heavy (non-hydrogen) atoms. The first-order valence-corrected chi connectivity index (χ1v) is 8.50. The molecule has 1 aromatic carbocycles. The molecule has 0 saturated heterocycles. The van der Waals surface area contributed by atoms with Gasteiger partial charge in [-0.1, -0.05) is 35.9 Å². The van der Waals surface area contributed by atoms with Crippen LogP contribution >= 0.6 is 0 Å². The van der Waals surface area contributed by atoms with Gasteiger partial charge in [-0.05, 0) is 38.5 Å². The second kappa shape index (κ2) is 7.59. The van der Waals surface area contributed by atoms with E-state index in [-0.39, 0.29) is 6.04 Å². The van der Waals surface area contributed by atoms with E-state index in [9.17, 15) is 5.11 Å². The first kappa shape index (κ1) is 17.3. The highest BCUT2D eigenvalue weighted by atomic mass is 16.3. The molecule has 0 aliphatic rings. The maximum absolute atomic E-state index is 10.4. The highest BCUT2D eigenvalue weighted by Crippen LogP contribution is 2.20. The topological polar surface area (TPSA) is 63.0 Å². The molecule has 5 nitrogen and oxygen atoms in total. The summed E-state index contributed by atoms with van der Waals surface area (Å²) in [5.74, 6) is 0.804. The molecule has 5 heteroatoms. The van der Waals surface area contributed by atoms with Gasteiger partial charge in [-0.3, -0.25) is 0 Å². The Morgan fingerprint density at radius 2 is 1.88 bits per heavy atom. The molecule has 0 aliphatic carbocycles. The maximum Gasteiger partial charge on any atom is 0.153 e. The Hall–Kier alpha value is -2.50. The summed E-state index contributed by atoms with van der Waals surface area (Å²) in [6.07, 6.45) is 3.09. The number of nitrogens with one attached hydrogen (secondary N) is 1. The van der Waals surface area contributed by atoms with Gasteiger partial charge in [0.1, 0.15) is 0 Å². The highest BCUT2D eigenvalue weighted by molar-refractivity contribution is 5.30. The van der Waals surface area contributed by atoms with E-state index in [1.807, 2.05) is 67.2 Å². The average Bonchev–Trinajstić information content (AvgIpc) is 3.02. The Morgan fingerprint density at radius 3 is 2.56 bits per heavy atom. The van der Waals surface area contributed by atoms with Crippen molar-refractivity contribution in [2.75, 3.05) is 6.54 Å². The molecule has 2 N–H and O–H groups in total. The van der Waals surface area contributed by atoms with Crippen LogP contribution in [0.25, 0.3) is 5.82 Å². The predicted molar refractivity (Wildman–Crippen MR) is 98.7 cm³/mol. The molecule has 2 aromatic heterocycles. The standard InChI is InChI=1S/C20H24N4O/c1-14-7-9-17(10-8-14)19(25)13-22-15(2)18-12-23-24(16(18)3)20-6-4-5-11-21-20/h4-12,15,19,22,25H,13H2,1-3H3. The Balaban J connectivity index is 1.66. The molecule has 3 aromatic rings. The number of hydrogen-bond acceptors (Lipinski definition) is 4. The smallest absolute Gasteiger partial charge is 0.153 e. The van der Waals surface area contributed by atoms with E-state index in [1.54, 1.807) is 6.20 Å². The van der Waals surface area contributed by atoms with Gasteiger partial charge >= 0.3 is 0 Å². The van der Waals surface area contributed by atoms with Crippen molar-refractivity contribution in [1.82, 2.24) is 20.1 Å². The number of nitrogens with zero attached hydrogens (tertiary/aromatic N) is 3. The summed E-state index contributed by atoms with van der Waals surface area (Å²) in [5, 5.41) is 18.2. The van der Waals surface area contributed by atoms with Crippen LogP contribution in [-0.2, 0) is 0 Å². The van der Waals surface area contributed by atoms with Gasteiger partial charge in [0.15, 0.2) is 5.82 Å². The lowest BCUT2D eigenvalue weighted by atomic mass is 10.1. The van der Waals surface area contributed by atoms with Crippen LogP contribution in [0.3, 0.4) is 0 Å². The molecule has 0 spiro atoms. The molecule has 0 fully saturated rings. The number of hydrogen-bond donors (Lipinski definition) is 2. The second-order valence-electron chi connectivity index (χ2n) is 6.34. The lowest BCUT2D eigenvalue weighted by Gasteiger charge is -2.17. The molecule has 3 rings (SSSR count). The molecule has 2 unspecified atom stereocenters. The lowest BCUT2D eigenvalue weighted by Crippen LogP contribution is -2.25. The lowest BCUT2D eigenvalue weighted by molar-refractivity contribution is 0.170. The molecule has 0 saturated carbocycles. The maximum atomic E-state index is 10.4. The van der Waals surface area contributed by atoms with Gasteiger partial charge in [0.05, 0.1) is 12.3 Å². The molecule has 130 valence electrons. The van der Waals surface area contributed by atoms with Crippen molar-refractivity contribution in [3.05, 3.63) is 77.2 Å². The third-order valence-electron chi connectivity index (χ3n) is 4.46. The van der Waals surface area contributed by atoms with Crippen molar-refractivity contribution < 1.29 is 5.11 Å². The summed E-state index contributed by atoms with van der Waals surface area (Å²) in [6, 6.07) is 13.8. The van der Waals surface area contributed by atoms with Crippen molar-refractivity contribution >= 4 is 0 Å². The third kappa shape index (κ3) is 3.95. The summed E-state index contributed by atoms with van der Waals surface area (Å²) < 4.78 is 1.84. The van der Waals surface area contributed by atoms with E-state index in [4.69, 9.17) is 0 Å². The second-order valence-corrected chi connectivity index (χ2v) is 6.34. The zero-order valence-corrected chi connectivity index (χ0v) is 14.8. The predicted octanol–water partition coefficient (Wildman–Crippen LogP) is 3.27. The van der Waals surface area contributed by atoms with Crippen LogP contribution < -0.4 is 5.32 Å². The van der Waals surface area contributed by atoms with Crippen LogP contribution in [-0.4, -0.2) is 26.4 Å². The van der Waals surface area contributed by atoms with Gasteiger partial charge in [-0.25, -0.2) is 9.67 Å². The molecule has 2 heterocycles. The van der Waals surface area contributed by atoms with Crippen LogP contribution in [0.4, 0.5) is 0 Å². The zero-order valence-electron chi connectivity index (χ0n) is 14.8. The van der Waals surface area contributed by atoms with Crippen LogP contribution in [0.1, 0.15) is 41.5 Å². The van der Waals surface area contributed by atoms with Crippen LogP contribution in [0.15, 0.2) is 54.9 Å². The van der Waals surface area contributed by atoms with Crippen LogP contribution in [0.5, 0.6) is 0 Å². The summed E-state index contributed by atoms with van der Waals surface area (Å²) in [6.45, 7) is 6.64. The van der Waals surface area contributed by atoms with Gasteiger partial charge in [0, 0.05) is 30.0 Å². The van der Waals surface area contributed by atoms with Crippen molar-refractivity contribution in [2.24, 2.45) is 0 Å². The number of pyridine rings is 1. The fourth-order valence-corrected chi connectivity index (χ4v) is 2.86. The van der Waals surface area contributed by atoms with Crippen LogP contribution in [0.2, 0.25) is 0 Å². The summed E-state index contributed by atoms with van der Waals surface area (Å²) in [5.41, 5.74) is 4.26. The monoisotopic (exact) mass is 336 g/mol. The summed E-state index contributed by atoms with van der Waals surface area (Å²) in [4.78, 5) is 4.34. The minimum atomic E-state index is -0.533. The molecule has 2 atom stereocenters. The fraction of sp³-hybridized carbons (Fsp3) is 0.300. The van der Waals surface area contributed by atoms with E-state index in [0.29, 0.717) is 6.54 Å². The number of benzene rings is 1. The van der Waals surface area contributed by atoms with Crippen LogP contribution in [0, 0.1) is 13.8 Å². The highest BCUT2D eigenvalue weighted by Gasteiger charge is 2.16. The van der Waals surface area contributed by atoms with Crippen molar-refractivity contribution in [3.63, 3.8) is 0 Å². The van der Waals surface area contributed by atoms with Gasteiger partial charge in [-0.15, -0.1) is 0 Å². The quantitative estimate of drug-likeness (QED) is 0.725. The first-order valence-electron chi connectivity index (χ1n) is 8.50. The van der Waals surface area contributed by atoms with Gasteiger partial charge in [-0.2, -0.15) is 5.10 Å². The van der Waals surface area contributed by atoms with Gasteiger partial charge in [0.2, 0.25) is 0 Å². The summed E-state index contributed by atoms with van der Waals surface area (Å²) >= 11 is 0. The normalized spacial score (nSPS) is 13.6. The van der Waals surface area contributed by atoms with Gasteiger partial charge in [0.25, 0.3) is 0 Å². The van der Waals surface area contributed by atoms with Crippen molar-refractivity contribution in [2.45, 2.75) is 32.9 Å². The molecule has 0 bridgehead atoms. The summed E-state index contributed by atoms with van der Waals surface area (Å²) in [7, 11) is 0. The van der Waals surface area contributed by atoms with E-state index in [2.05, 4.69) is 22.3 Å². The fourth-order valence-electron chi connectivity index (χ4n) is 2.86. The number of aliphatic hydroxyl groups is 1. The Kier molecular flexibility index (Phi) is 5.26. The molecule has 0 amide bonds. The molecule has 0 radical (unpaired) electrons. The number of aryl methyl sites for hydroxylation is 1. The van der Waals surface area contributed by atoms with E-state index >= 15 is 0 Å². The van der Waals surface area contributed by atoms with E-state index in [0.717, 1.165) is 22.6 Å². The Morgan fingerprint density at radius 1 is 1.12 bits per heavy atom. The molecule has 0 aliphatic heterocycles. The minimum Gasteiger partial charge on any atom is -0.387 e. The zero-order chi connectivity index (χ0) is 17.8. The average molecular weight is 336 g/mol. The Bertz CT molecular complexity index is 811. The van der Waals surface area contributed by atoms with Gasteiger partial charge < -0.3 is 10.4 Å². The number of rotatable bonds is 6. The van der Waals surface area contributed by atoms with Crippen molar-refractivity contribution in [3.8, 4) is 5.82 Å². The van der Waals surface area contributed by atoms with E-state index in [1.165, 1.54) is 5.56 Å². The minimum absolute atomic E-state index is 0.0811.